The van der Waals surface area contributed by atoms with Crippen LogP contribution in [0.2, 0.25) is 0 Å². The predicted molar refractivity (Wildman–Crippen MR) is 72.6 cm³/mol. The van der Waals surface area contributed by atoms with Crippen molar-refractivity contribution < 1.29 is 9.31 Å². The van der Waals surface area contributed by atoms with Crippen molar-refractivity contribution in [2.45, 2.75) is 0 Å². The second-order valence-corrected chi connectivity index (χ2v) is 3.87. The van der Waals surface area contributed by atoms with E-state index in [9.17, 15) is 14.5 Å². The van der Waals surface area contributed by atoms with E-state index in [-0.39, 0.29) is 23.0 Å². The van der Waals surface area contributed by atoms with Crippen LogP contribution in [0.3, 0.4) is 0 Å². The largest absolute Gasteiger partial charge is 0.357 e. The summed E-state index contributed by atoms with van der Waals surface area (Å²) in [4.78, 5) is 17.9. The van der Waals surface area contributed by atoms with Crippen LogP contribution >= 0.6 is 0 Å². The summed E-state index contributed by atoms with van der Waals surface area (Å²) in [6.45, 7) is 0. The van der Waals surface area contributed by atoms with Crippen LogP contribution in [-0.4, -0.2) is 21.9 Å². The molecule has 0 spiro atoms. The molecule has 8 nitrogen and oxygen atoms in total. The highest BCUT2D eigenvalue weighted by Crippen LogP contribution is 2.27. The quantitative estimate of drug-likeness (QED) is 0.654. The summed E-state index contributed by atoms with van der Waals surface area (Å²) in [6, 6.07) is 5.51. The third kappa shape index (κ3) is 3.01. The lowest BCUT2D eigenvalue weighted by Crippen LogP contribution is -2.05. The van der Waals surface area contributed by atoms with E-state index in [0.717, 1.165) is 12.3 Å². The van der Waals surface area contributed by atoms with Gasteiger partial charge in [-0.3, -0.25) is 10.1 Å². The Hall–Kier alpha value is -3.28. The molecule has 0 saturated heterocycles. The van der Waals surface area contributed by atoms with Crippen molar-refractivity contribution in [2.75, 3.05) is 17.7 Å². The van der Waals surface area contributed by atoms with Gasteiger partial charge in [0.2, 0.25) is 11.8 Å². The molecule has 2 aromatic rings. The first-order valence-corrected chi connectivity index (χ1v) is 5.71. The molecule has 1 heterocycles. The van der Waals surface area contributed by atoms with Gasteiger partial charge in [0.1, 0.15) is 12.0 Å². The first kappa shape index (κ1) is 14.1. The van der Waals surface area contributed by atoms with E-state index >= 15 is 0 Å². The van der Waals surface area contributed by atoms with Gasteiger partial charge in [0.05, 0.1) is 22.2 Å². The number of anilines is 3. The van der Waals surface area contributed by atoms with Gasteiger partial charge in [0, 0.05) is 7.05 Å². The minimum absolute atomic E-state index is 0.0298. The fraction of sp³-hybridized carbons (Fsp3) is 0.0833. The molecule has 21 heavy (non-hydrogen) atoms. The van der Waals surface area contributed by atoms with Crippen LogP contribution in [0.4, 0.5) is 27.5 Å². The monoisotopic (exact) mass is 288 g/mol. The average Bonchev–Trinajstić information content (AvgIpc) is 2.48. The topological polar surface area (TPSA) is 117 Å². The third-order valence-corrected chi connectivity index (χ3v) is 2.54. The van der Waals surface area contributed by atoms with Crippen molar-refractivity contribution in [1.29, 1.82) is 5.26 Å². The van der Waals surface area contributed by atoms with E-state index < -0.39 is 16.4 Å². The van der Waals surface area contributed by atoms with Crippen LogP contribution in [0, 0.1) is 27.3 Å². The smallest absolute Gasteiger partial charge is 0.329 e. The van der Waals surface area contributed by atoms with E-state index in [0.29, 0.717) is 0 Å². The Labute approximate surface area is 118 Å². The molecule has 0 unspecified atom stereocenters. The maximum absolute atomic E-state index is 13.8. The van der Waals surface area contributed by atoms with Crippen molar-refractivity contribution in [1.82, 2.24) is 9.97 Å². The van der Waals surface area contributed by atoms with Gasteiger partial charge in [0.15, 0.2) is 0 Å². The average molecular weight is 288 g/mol. The number of hydrogen-bond donors (Lipinski definition) is 2. The van der Waals surface area contributed by atoms with Gasteiger partial charge in [0.25, 0.3) is 0 Å². The molecule has 1 aromatic carbocycles. The second kappa shape index (κ2) is 5.79. The highest BCUT2D eigenvalue weighted by Gasteiger charge is 2.18. The maximum atomic E-state index is 13.8. The molecule has 0 aliphatic rings. The SMILES string of the molecule is CNc1ncc([N+](=O)[O-])c(Nc2ccc(C#N)cc2F)n1. The van der Waals surface area contributed by atoms with Crippen LogP contribution < -0.4 is 10.6 Å². The number of nitriles is 1. The van der Waals surface area contributed by atoms with Crippen LogP contribution in [0.5, 0.6) is 0 Å². The lowest BCUT2D eigenvalue weighted by atomic mass is 10.2. The van der Waals surface area contributed by atoms with Crippen molar-refractivity contribution >= 4 is 23.1 Å². The van der Waals surface area contributed by atoms with Crippen molar-refractivity contribution in [3.8, 4) is 6.07 Å². The predicted octanol–water partition coefficient (Wildman–Crippen LogP) is 2.18. The molecular formula is C12H9FN6O2. The lowest BCUT2D eigenvalue weighted by Gasteiger charge is -2.08. The molecule has 1 aromatic heterocycles. The molecule has 2 rings (SSSR count). The van der Waals surface area contributed by atoms with Gasteiger partial charge in [-0.1, -0.05) is 0 Å². The number of rotatable bonds is 4. The third-order valence-electron chi connectivity index (χ3n) is 2.54. The summed E-state index contributed by atoms with van der Waals surface area (Å²) in [5.74, 6) is -0.715. The molecule has 0 atom stereocenters. The Morgan fingerprint density at radius 1 is 1.48 bits per heavy atom. The Morgan fingerprint density at radius 3 is 2.81 bits per heavy atom. The minimum Gasteiger partial charge on any atom is -0.357 e. The highest BCUT2D eigenvalue weighted by atomic mass is 19.1. The molecule has 106 valence electrons. The molecule has 9 heteroatoms. The summed E-state index contributed by atoms with van der Waals surface area (Å²) in [5.41, 5.74) is -0.276. The molecule has 0 radical (unpaired) electrons. The fourth-order valence-electron chi connectivity index (χ4n) is 1.54. The van der Waals surface area contributed by atoms with Crippen molar-refractivity contribution in [3.63, 3.8) is 0 Å². The van der Waals surface area contributed by atoms with Gasteiger partial charge in [-0.25, -0.2) is 9.37 Å². The zero-order valence-corrected chi connectivity index (χ0v) is 10.8. The molecule has 0 fully saturated rings. The molecule has 0 aliphatic carbocycles. The van der Waals surface area contributed by atoms with Gasteiger partial charge < -0.3 is 10.6 Å². The lowest BCUT2D eigenvalue weighted by molar-refractivity contribution is -0.384. The molecule has 0 amide bonds. The van der Waals surface area contributed by atoms with E-state index in [1.165, 1.54) is 12.1 Å². The molecule has 0 bridgehead atoms. The van der Waals surface area contributed by atoms with Crippen LogP contribution in [0.25, 0.3) is 0 Å². The van der Waals surface area contributed by atoms with Crippen molar-refractivity contribution in [3.05, 3.63) is 45.9 Å². The van der Waals surface area contributed by atoms with Crippen LogP contribution in [-0.2, 0) is 0 Å². The van der Waals surface area contributed by atoms with Gasteiger partial charge in [-0.2, -0.15) is 10.2 Å². The van der Waals surface area contributed by atoms with Gasteiger partial charge in [-0.15, -0.1) is 0 Å². The number of aromatic nitrogens is 2. The molecule has 0 aliphatic heterocycles. The Bertz CT molecular complexity index is 743. The van der Waals surface area contributed by atoms with Gasteiger partial charge >= 0.3 is 5.69 Å². The highest BCUT2D eigenvalue weighted by molar-refractivity contribution is 5.66. The van der Waals surface area contributed by atoms with Crippen molar-refractivity contribution in [2.24, 2.45) is 0 Å². The number of hydrogen-bond acceptors (Lipinski definition) is 7. The Morgan fingerprint density at radius 2 is 2.24 bits per heavy atom. The Balaban J connectivity index is 2.43. The van der Waals surface area contributed by atoms with Gasteiger partial charge in [-0.05, 0) is 18.2 Å². The number of nitrogens with zero attached hydrogens (tertiary/aromatic N) is 4. The molecular weight excluding hydrogens is 279 g/mol. The maximum Gasteiger partial charge on any atom is 0.329 e. The number of nitro groups is 1. The summed E-state index contributed by atoms with van der Waals surface area (Å²) in [6.07, 6.45) is 1.02. The van der Waals surface area contributed by atoms with E-state index in [1.807, 2.05) is 0 Å². The van der Waals surface area contributed by atoms with E-state index in [1.54, 1.807) is 13.1 Å². The normalized spacial score (nSPS) is 9.76. The zero-order chi connectivity index (χ0) is 15.4. The number of benzene rings is 1. The molecule has 2 N–H and O–H groups in total. The Kier molecular flexibility index (Phi) is 3.90. The molecule has 0 saturated carbocycles. The summed E-state index contributed by atoms with van der Waals surface area (Å²) in [7, 11) is 1.55. The zero-order valence-electron chi connectivity index (χ0n) is 10.8. The summed E-state index contributed by atoms with van der Waals surface area (Å²) >= 11 is 0. The minimum atomic E-state index is -0.715. The first-order chi connectivity index (χ1) is 10.0. The fourth-order valence-corrected chi connectivity index (χ4v) is 1.54. The van der Waals surface area contributed by atoms with Crippen LogP contribution in [0.1, 0.15) is 5.56 Å². The second-order valence-electron chi connectivity index (χ2n) is 3.87. The summed E-state index contributed by atoms with van der Waals surface area (Å²) in [5, 5.41) is 24.8. The van der Waals surface area contributed by atoms with E-state index in [4.69, 9.17) is 5.26 Å². The van der Waals surface area contributed by atoms with Crippen LogP contribution in [0.15, 0.2) is 24.4 Å². The summed E-state index contributed by atoms with van der Waals surface area (Å²) < 4.78 is 13.8. The standard InChI is InChI=1S/C12H9FN6O2/c1-15-12-16-6-10(19(20)21)11(18-12)17-9-3-2-7(5-14)4-8(9)13/h2-4,6H,1H3,(H2,15,16,17,18). The first-order valence-electron chi connectivity index (χ1n) is 5.71. The number of halogens is 1. The van der Waals surface area contributed by atoms with E-state index in [2.05, 4.69) is 20.6 Å². The number of nitrogens with one attached hydrogen (secondary N) is 2.